The molecule has 0 radical (unpaired) electrons. The molecule has 0 N–H and O–H groups in total. The van der Waals surface area contributed by atoms with Crippen LogP contribution in [0.3, 0.4) is 0 Å². The quantitative estimate of drug-likeness (QED) is 0.654. The third-order valence-corrected chi connectivity index (χ3v) is 3.05. The van der Waals surface area contributed by atoms with E-state index < -0.39 is 0 Å². The molecule has 0 unspecified atom stereocenters. The third kappa shape index (κ3) is 2.95. The Hall–Kier alpha value is -1.04. The lowest BCUT2D eigenvalue weighted by Crippen LogP contribution is -1.90. The van der Waals surface area contributed by atoms with Crippen LogP contribution in [0.2, 0.25) is 0 Å². The molecule has 0 atom stereocenters. The van der Waals surface area contributed by atoms with E-state index in [4.69, 9.17) is 0 Å². The first kappa shape index (κ1) is 12.0. The van der Waals surface area contributed by atoms with Crippen molar-refractivity contribution in [2.75, 3.05) is 0 Å². The summed E-state index contributed by atoms with van der Waals surface area (Å²) in [6.45, 7) is 11.1. The van der Waals surface area contributed by atoms with E-state index in [1.165, 1.54) is 40.7 Å². The smallest absolute Gasteiger partial charge is 0.0198 e. The molecule has 1 aromatic carbocycles. The van der Waals surface area contributed by atoms with Crippen LogP contribution in [0.4, 0.5) is 0 Å². The van der Waals surface area contributed by atoms with E-state index in [2.05, 4.69) is 52.8 Å². The predicted octanol–water partition coefficient (Wildman–Crippen LogP) is 4.90. The van der Waals surface area contributed by atoms with E-state index in [0.717, 1.165) is 0 Å². The van der Waals surface area contributed by atoms with Crippen LogP contribution in [0.5, 0.6) is 0 Å². The molecule has 82 valence electrons. The van der Waals surface area contributed by atoms with Crippen molar-refractivity contribution in [3.8, 4) is 0 Å². The normalized spacial score (nSPS) is 12.6. The van der Waals surface area contributed by atoms with Crippen molar-refractivity contribution in [2.24, 2.45) is 0 Å². The zero-order chi connectivity index (χ0) is 11.4. The van der Waals surface area contributed by atoms with Gasteiger partial charge in [0.2, 0.25) is 0 Å². The lowest BCUT2D eigenvalue weighted by molar-refractivity contribution is 0.906. The van der Waals surface area contributed by atoms with Gasteiger partial charge in [-0.1, -0.05) is 42.7 Å². The SMILES string of the molecule is CCC/C(C)=C(/C)c1ccc(C)cc1C. The predicted molar refractivity (Wildman–Crippen MR) is 69.1 cm³/mol. The Labute approximate surface area is 94.0 Å². The molecule has 0 saturated carbocycles. The second kappa shape index (κ2) is 5.16. The van der Waals surface area contributed by atoms with Gasteiger partial charge >= 0.3 is 0 Å². The lowest BCUT2D eigenvalue weighted by Gasteiger charge is -2.11. The van der Waals surface area contributed by atoms with Gasteiger partial charge in [0.15, 0.2) is 0 Å². The molecule has 15 heavy (non-hydrogen) atoms. The van der Waals surface area contributed by atoms with Gasteiger partial charge in [-0.15, -0.1) is 0 Å². The van der Waals surface area contributed by atoms with E-state index in [1.807, 2.05) is 0 Å². The zero-order valence-corrected chi connectivity index (χ0v) is 10.6. The monoisotopic (exact) mass is 202 g/mol. The van der Waals surface area contributed by atoms with Crippen molar-refractivity contribution in [3.05, 3.63) is 40.5 Å². The van der Waals surface area contributed by atoms with E-state index >= 15 is 0 Å². The maximum Gasteiger partial charge on any atom is -0.0198 e. The molecule has 0 aliphatic carbocycles. The molecule has 1 aromatic rings. The van der Waals surface area contributed by atoms with E-state index in [1.54, 1.807) is 0 Å². The molecule has 0 fully saturated rings. The van der Waals surface area contributed by atoms with Crippen LogP contribution in [-0.4, -0.2) is 0 Å². The van der Waals surface area contributed by atoms with E-state index in [9.17, 15) is 0 Å². The average molecular weight is 202 g/mol. The number of benzene rings is 1. The van der Waals surface area contributed by atoms with Crippen molar-refractivity contribution in [2.45, 2.75) is 47.5 Å². The van der Waals surface area contributed by atoms with Crippen molar-refractivity contribution in [1.82, 2.24) is 0 Å². The minimum absolute atomic E-state index is 1.21. The molecule has 0 saturated heterocycles. The van der Waals surface area contributed by atoms with Crippen LogP contribution in [0.25, 0.3) is 5.57 Å². The second-order valence-corrected chi connectivity index (χ2v) is 4.47. The third-order valence-electron chi connectivity index (χ3n) is 3.05. The lowest BCUT2D eigenvalue weighted by atomic mass is 9.95. The molecule has 0 amide bonds. The average Bonchev–Trinajstić information content (AvgIpc) is 2.17. The summed E-state index contributed by atoms with van der Waals surface area (Å²) in [5.41, 5.74) is 7.12. The summed E-state index contributed by atoms with van der Waals surface area (Å²) in [5.74, 6) is 0. The molecule has 0 heterocycles. The number of aryl methyl sites for hydroxylation is 2. The summed E-state index contributed by atoms with van der Waals surface area (Å²) in [7, 11) is 0. The number of rotatable bonds is 3. The highest BCUT2D eigenvalue weighted by molar-refractivity contribution is 5.69. The Morgan fingerprint density at radius 2 is 1.80 bits per heavy atom. The largest absolute Gasteiger partial charge is 0.0698 e. The number of allylic oxidation sites excluding steroid dienone is 2. The fourth-order valence-electron chi connectivity index (χ4n) is 2.03. The van der Waals surface area contributed by atoms with Crippen molar-refractivity contribution in [3.63, 3.8) is 0 Å². The van der Waals surface area contributed by atoms with Gasteiger partial charge in [-0.05, 0) is 50.8 Å². The Balaban J connectivity index is 3.11. The fourth-order valence-corrected chi connectivity index (χ4v) is 2.03. The molecular formula is C15H22. The first-order valence-electron chi connectivity index (χ1n) is 5.80. The van der Waals surface area contributed by atoms with Gasteiger partial charge in [0.1, 0.15) is 0 Å². The minimum atomic E-state index is 1.21. The Bertz CT molecular complexity index is 370. The summed E-state index contributed by atoms with van der Waals surface area (Å²) in [6, 6.07) is 6.71. The first-order chi connectivity index (χ1) is 7.06. The molecule has 0 aromatic heterocycles. The Morgan fingerprint density at radius 1 is 1.13 bits per heavy atom. The molecule has 0 spiro atoms. The summed E-state index contributed by atoms with van der Waals surface area (Å²) >= 11 is 0. The van der Waals surface area contributed by atoms with Gasteiger partial charge in [-0.2, -0.15) is 0 Å². The highest BCUT2D eigenvalue weighted by atomic mass is 14.1. The Morgan fingerprint density at radius 3 is 2.33 bits per heavy atom. The van der Waals surface area contributed by atoms with Crippen LogP contribution in [0.15, 0.2) is 23.8 Å². The highest BCUT2D eigenvalue weighted by Gasteiger charge is 2.03. The van der Waals surface area contributed by atoms with Crippen LogP contribution in [-0.2, 0) is 0 Å². The zero-order valence-electron chi connectivity index (χ0n) is 10.6. The minimum Gasteiger partial charge on any atom is -0.0698 e. The molecule has 0 aliphatic rings. The standard InChI is InChI=1S/C15H22/c1-6-7-12(3)14(5)15-9-8-11(2)10-13(15)4/h8-10H,6-7H2,1-5H3/b14-12-. The number of hydrogen-bond donors (Lipinski definition) is 0. The summed E-state index contributed by atoms with van der Waals surface area (Å²) in [6.07, 6.45) is 2.44. The highest BCUT2D eigenvalue weighted by Crippen LogP contribution is 2.24. The fraction of sp³-hybridized carbons (Fsp3) is 0.467. The Kier molecular flexibility index (Phi) is 4.14. The second-order valence-electron chi connectivity index (χ2n) is 4.47. The molecule has 0 heteroatoms. The maximum absolute atomic E-state index is 2.26. The molecule has 0 aliphatic heterocycles. The van der Waals surface area contributed by atoms with Crippen LogP contribution in [0.1, 0.15) is 50.3 Å². The van der Waals surface area contributed by atoms with E-state index in [-0.39, 0.29) is 0 Å². The van der Waals surface area contributed by atoms with E-state index in [0.29, 0.717) is 0 Å². The van der Waals surface area contributed by atoms with Gasteiger partial charge in [-0.3, -0.25) is 0 Å². The van der Waals surface area contributed by atoms with Crippen molar-refractivity contribution < 1.29 is 0 Å². The van der Waals surface area contributed by atoms with Crippen LogP contribution < -0.4 is 0 Å². The number of hydrogen-bond acceptors (Lipinski definition) is 0. The van der Waals surface area contributed by atoms with Crippen LogP contribution >= 0.6 is 0 Å². The summed E-state index contributed by atoms with van der Waals surface area (Å²) in [4.78, 5) is 0. The van der Waals surface area contributed by atoms with Gasteiger partial charge in [0.05, 0.1) is 0 Å². The maximum atomic E-state index is 2.26. The van der Waals surface area contributed by atoms with Gasteiger partial charge < -0.3 is 0 Å². The van der Waals surface area contributed by atoms with Crippen molar-refractivity contribution in [1.29, 1.82) is 0 Å². The summed E-state index contributed by atoms with van der Waals surface area (Å²) in [5, 5.41) is 0. The molecule has 0 bridgehead atoms. The molecule has 1 rings (SSSR count). The summed E-state index contributed by atoms with van der Waals surface area (Å²) < 4.78 is 0. The van der Waals surface area contributed by atoms with Gasteiger partial charge in [0, 0.05) is 0 Å². The van der Waals surface area contributed by atoms with Gasteiger partial charge in [0.25, 0.3) is 0 Å². The van der Waals surface area contributed by atoms with Crippen LogP contribution in [0, 0.1) is 13.8 Å². The first-order valence-corrected chi connectivity index (χ1v) is 5.80. The van der Waals surface area contributed by atoms with Crippen molar-refractivity contribution >= 4 is 5.57 Å². The molecular weight excluding hydrogens is 180 g/mol. The molecule has 0 nitrogen and oxygen atoms in total. The topological polar surface area (TPSA) is 0 Å². The van der Waals surface area contributed by atoms with Gasteiger partial charge in [-0.25, -0.2) is 0 Å².